The molecule has 25 heavy (non-hydrogen) atoms. The molecule has 0 fully saturated rings. The number of rotatable bonds is 5. The average Bonchev–Trinajstić information content (AvgIpc) is 3.03. The second-order valence-electron chi connectivity index (χ2n) is 5.49. The van der Waals surface area contributed by atoms with Gasteiger partial charge in [-0.15, -0.1) is 11.3 Å². The van der Waals surface area contributed by atoms with E-state index in [4.69, 9.17) is 23.2 Å². The van der Waals surface area contributed by atoms with Crippen LogP contribution >= 0.6 is 34.5 Å². The predicted molar refractivity (Wildman–Crippen MR) is 102 cm³/mol. The minimum Gasteiger partial charge on any atom is -0.349 e. The van der Waals surface area contributed by atoms with E-state index < -0.39 is 0 Å². The van der Waals surface area contributed by atoms with E-state index in [2.05, 4.69) is 15.3 Å². The molecule has 0 saturated heterocycles. The SMILES string of the molecule is C[C@@H](NC(=O)Cc1csc(-c2ccccn2)n1)c1ccc(Cl)cc1Cl. The lowest BCUT2D eigenvalue weighted by Gasteiger charge is -2.15. The minimum atomic E-state index is -0.217. The molecule has 128 valence electrons. The fourth-order valence-electron chi connectivity index (χ4n) is 2.38. The summed E-state index contributed by atoms with van der Waals surface area (Å²) < 4.78 is 0. The Balaban J connectivity index is 1.64. The highest BCUT2D eigenvalue weighted by Gasteiger charge is 2.15. The van der Waals surface area contributed by atoms with Crippen LogP contribution in [0.2, 0.25) is 10.0 Å². The first-order valence-corrected chi connectivity index (χ1v) is 9.26. The summed E-state index contributed by atoms with van der Waals surface area (Å²) in [6, 6.07) is 10.7. The third kappa shape index (κ3) is 4.57. The highest BCUT2D eigenvalue weighted by atomic mass is 35.5. The standard InChI is InChI=1S/C18H15Cl2N3OS/c1-11(14-6-5-12(19)8-15(14)20)22-17(24)9-13-10-25-18(23-13)16-4-2-3-7-21-16/h2-8,10-11H,9H2,1H3,(H,22,24)/t11-/m1/s1. The Morgan fingerprint density at radius 2 is 2.12 bits per heavy atom. The maximum atomic E-state index is 12.3. The molecule has 0 aliphatic heterocycles. The zero-order valence-electron chi connectivity index (χ0n) is 13.4. The van der Waals surface area contributed by atoms with Crippen molar-refractivity contribution in [2.75, 3.05) is 0 Å². The van der Waals surface area contributed by atoms with Crippen molar-refractivity contribution in [1.82, 2.24) is 15.3 Å². The first-order chi connectivity index (χ1) is 12.0. The van der Waals surface area contributed by atoms with Gasteiger partial charge in [0.15, 0.2) is 0 Å². The number of pyridine rings is 1. The maximum Gasteiger partial charge on any atom is 0.226 e. The van der Waals surface area contributed by atoms with Crippen molar-refractivity contribution in [2.45, 2.75) is 19.4 Å². The molecule has 1 N–H and O–H groups in total. The fourth-order valence-corrected chi connectivity index (χ4v) is 3.75. The van der Waals surface area contributed by atoms with Crippen LogP contribution in [-0.4, -0.2) is 15.9 Å². The Hall–Kier alpha value is -1.95. The van der Waals surface area contributed by atoms with Crippen LogP contribution in [0.4, 0.5) is 0 Å². The highest BCUT2D eigenvalue weighted by Crippen LogP contribution is 2.26. The van der Waals surface area contributed by atoms with Crippen LogP contribution in [0.3, 0.4) is 0 Å². The third-order valence-corrected chi connectivity index (χ3v) is 5.06. The normalized spacial score (nSPS) is 12.0. The Bertz CT molecular complexity index is 883. The van der Waals surface area contributed by atoms with E-state index in [0.717, 1.165) is 22.0 Å². The number of benzene rings is 1. The van der Waals surface area contributed by atoms with Gasteiger partial charge >= 0.3 is 0 Å². The zero-order chi connectivity index (χ0) is 17.8. The molecule has 2 aromatic heterocycles. The number of carbonyl (C=O) groups excluding carboxylic acids is 1. The molecule has 0 saturated carbocycles. The summed E-state index contributed by atoms with van der Waals surface area (Å²) in [5.74, 6) is -0.114. The van der Waals surface area contributed by atoms with Crippen molar-refractivity contribution < 1.29 is 4.79 Å². The molecule has 3 rings (SSSR count). The van der Waals surface area contributed by atoms with Crippen LogP contribution in [0.25, 0.3) is 10.7 Å². The van der Waals surface area contributed by atoms with Crippen LogP contribution < -0.4 is 5.32 Å². The summed E-state index contributed by atoms with van der Waals surface area (Å²) in [6.45, 7) is 1.88. The molecule has 0 aliphatic rings. The predicted octanol–water partition coefficient (Wildman–Crippen LogP) is 4.93. The number of nitrogens with zero attached hydrogens (tertiary/aromatic N) is 2. The lowest BCUT2D eigenvalue weighted by molar-refractivity contribution is -0.121. The Labute approximate surface area is 159 Å². The summed E-state index contributed by atoms with van der Waals surface area (Å²) in [7, 11) is 0. The van der Waals surface area contributed by atoms with Crippen molar-refractivity contribution in [3.05, 3.63) is 69.3 Å². The number of aromatic nitrogens is 2. The summed E-state index contributed by atoms with van der Waals surface area (Å²) in [5, 5.41) is 6.72. The van der Waals surface area contributed by atoms with E-state index >= 15 is 0 Å². The molecule has 0 unspecified atom stereocenters. The van der Waals surface area contributed by atoms with E-state index in [1.807, 2.05) is 36.6 Å². The fraction of sp³-hybridized carbons (Fsp3) is 0.167. The highest BCUT2D eigenvalue weighted by molar-refractivity contribution is 7.13. The molecule has 7 heteroatoms. The summed E-state index contributed by atoms with van der Waals surface area (Å²) in [6.07, 6.45) is 1.93. The summed E-state index contributed by atoms with van der Waals surface area (Å²) in [4.78, 5) is 21.0. The van der Waals surface area contributed by atoms with Gasteiger partial charge in [0.25, 0.3) is 0 Å². The van der Waals surface area contributed by atoms with Crippen LogP contribution in [0, 0.1) is 0 Å². The molecule has 0 radical (unpaired) electrons. The first-order valence-electron chi connectivity index (χ1n) is 7.63. The minimum absolute atomic E-state index is 0.114. The number of hydrogen-bond donors (Lipinski definition) is 1. The topological polar surface area (TPSA) is 54.9 Å². The number of carbonyl (C=O) groups is 1. The zero-order valence-corrected chi connectivity index (χ0v) is 15.7. The molecular formula is C18H15Cl2N3OS. The van der Waals surface area contributed by atoms with Crippen molar-refractivity contribution >= 4 is 40.4 Å². The van der Waals surface area contributed by atoms with E-state index in [0.29, 0.717) is 10.0 Å². The number of halogens is 2. The molecule has 0 spiro atoms. The number of hydrogen-bond acceptors (Lipinski definition) is 4. The van der Waals surface area contributed by atoms with Gasteiger partial charge in [-0.2, -0.15) is 0 Å². The van der Waals surface area contributed by atoms with Gasteiger partial charge in [0.1, 0.15) is 5.01 Å². The van der Waals surface area contributed by atoms with Crippen LogP contribution in [0.15, 0.2) is 48.0 Å². The molecule has 3 aromatic rings. The first kappa shape index (κ1) is 17.9. The van der Waals surface area contributed by atoms with Gasteiger partial charge in [0, 0.05) is 21.6 Å². The van der Waals surface area contributed by atoms with Crippen molar-refractivity contribution in [3.63, 3.8) is 0 Å². The number of amides is 1. The van der Waals surface area contributed by atoms with E-state index in [9.17, 15) is 4.79 Å². The van der Waals surface area contributed by atoms with Gasteiger partial charge in [-0.1, -0.05) is 35.3 Å². The van der Waals surface area contributed by atoms with Crippen molar-refractivity contribution in [2.24, 2.45) is 0 Å². The Kier molecular flexibility index (Phi) is 5.68. The van der Waals surface area contributed by atoms with E-state index in [-0.39, 0.29) is 18.4 Å². The molecule has 0 aliphatic carbocycles. The Morgan fingerprint density at radius 3 is 2.84 bits per heavy atom. The van der Waals surface area contributed by atoms with Gasteiger partial charge in [-0.25, -0.2) is 4.98 Å². The smallest absolute Gasteiger partial charge is 0.226 e. The monoisotopic (exact) mass is 391 g/mol. The Morgan fingerprint density at radius 1 is 1.28 bits per heavy atom. The molecule has 1 atom stereocenters. The van der Waals surface area contributed by atoms with Gasteiger partial charge in [-0.05, 0) is 36.8 Å². The van der Waals surface area contributed by atoms with Gasteiger partial charge in [0.2, 0.25) is 5.91 Å². The van der Waals surface area contributed by atoms with E-state index in [1.54, 1.807) is 18.3 Å². The van der Waals surface area contributed by atoms with Gasteiger partial charge < -0.3 is 5.32 Å². The number of nitrogens with one attached hydrogen (secondary N) is 1. The molecule has 4 nitrogen and oxygen atoms in total. The van der Waals surface area contributed by atoms with Gasteiger partial charge in [0.05, 0.1) is 23.9 Å². The van der Waals surface area contributed by atoms with Crippen LogP contribution in [0.5, 0.6) is 0 Å². The van der Waals surface area contributed by atoms with Crippen LogP contribution in [-0.2, 0) is 11.2 Å². The van der Waals surface area contributed by atoms with Gasteiger partial charge in [-0.3, -0.25) is 9.78 Å². The molecule has 1 aromatic carbocycles. The lowest BCUT2D eigenvalue weighted by Crippen LogP contribution is -2.28. The largest absolute Gasteiger partial charge is 0.349 e. The molecule has 2 heterocycles. The van der Waals surface area contributed by atoms with Crippen LogP contribution in [0.1, 0.15) is 24.2 Å². The quantitative estimate of drug-likeness (QED) is 0.670. The van der Waals surface area contributed by atoms with Crippen molar-refractivity contribution in [1.29, 1.82) is 0 Å². The third-order valence-electron chi connectivity index (χ3n) is 3.58. The molecule has 1 amide bonds. The second-order valence-corrected chi connectivity index (χ2v) is 7.19. The summed E-state index contributed by atoms with van der Waals surface area (Å²) >= 11 is 13.6. The lowest BCUT2D eigenvalue weighted by atomic mass is 10.1. The van der Waals surface area contributed by atoms with E-state index in [1.165, 1.54) is 11.3 Å². The molecular weight excluding hydrogens is 377 g/mol. The second kappa shape index (κ2) is 7.95. The molecule has 0 bridgehead atoms. The summed E-state index contributed by atoms with van der Waals surface area (Å²) in [5.41, 5.74) is 2.35. The maximum absolute atomic E-state index is 12.3. The average molecular weight is 392 g/mol. The number of thiazole rings is 1. The van der Waals surface area contributed by atoms with Crippen molar-refractivity contribution in [3.8, 4) is 10.7 Å².